The number of hydrogen-bond acceptors (Lipinski definition) is 22. The number of aryl methyl sites for hydroxylation is 6. The van der Waals surface area contributed by atoms with Crippen molar-refractivity contribution in [1.82, 2.24) is 82.4 Å². The fourth-order valence-electron chi connectivity index (χ4n) is 16.0. The van der Waals surface area contributed by atoms with Gasteiger partial charge in [-0.2, -0.15) is 0 Å². The van der Waals surface area contributed by atoms with Crippen molar-refractivity contribution in [2.24, 2.45) is 10.8 Å². The zero-order valence-corrected chi connectivity index (χ0v) is 87.2. The van der Waals surface area contributed by atoms with Crippen LogP contribution in [0.15, 0.2) is 45.3 Å². The van der Waals surface area contributed by atoms with E-state index in [0.717, 1.165) is 258 Å². The molecule has 129 heavy (non-hydrogen) atoms. The maximum Gasteiger partial charge on any atom is 0.273 e. The van der Waals surface area contributed by atoms with Gasteiger partial charge in [0, 0.05) is 134 Å². The molecule has 0 radical (unpaired) electrons. The van der Waals surface area contributed by atoms with Crippen LogP contribution >= 0.6 is 0 Å². The Hall–Kier alpha value is -8.08. The molecule has 6 aromatic rings. The summed E-state index contributed by atoms with van der Waals surface area (Å²) in [5.74, 6) is 3.70. The summed E-state index contributed by atoms with van der Waals surface area (Å²) in [6, 6.07) is 5.34. The van der Waals surface area contributed by atoms with E-state index in [1.54, 1.807) is 18.2 Å². The number of hydrogen-bond donors (Lipinski definition) is 6. The average molecular weight is 1810 g/mol. The Kier molecular flexibility index (Phi) is 56.8. The van der Waals surface area contributed by atoms with E-state index in [9.17, 15) is 28.8 Å². The number of rotatable bonds is 54. The van der Waals surface area contributed by atoms with E-state index in [1.165, 1.54) is 0 Å². The van der Waals surface area contributed by atoms with Crippen molar-refractivity contribution in [3.05, 3.63) is 104 Å². The van der Waals surface area contributed by atoms with Crippen molar-refractivity contribution in [3.8, 4) is 0 Å². The number of carbonyl (C=O) groups excluding carboxylic acids is 6. The molecular formula is C101H182N16O12. The van der Waals surface area contributed by atoms with Crippen molar-refractivity contribution in [2.75, 3.05) is 78.5 Å². The van der Waals surface area contributed by atoms with Gasteiger partial charge in [0.2, 0.25) is 0 Å². The van der Waals surface area contributed by atoms with Gasteiger partial charge in [0.05, 0.1) is 0 Å². The van der Waals surface area contributed by atoms with E-state index in [-0.39, 0.29) is 80.5 Å². The maximum atomic E-state index is 12.6. The lowest BCUT2D eigenvalue weighted by molar-refractivity contribution is 0.0679. The highest BCUT2D eigenvalue weighted by Crippen LogP contribution is 2.31. The van der Waals surface area contributed by atoms with Gasteiger partial charge in [-0.3, -0.25) is 48.4 Å². The lowest BCUT2D eigenvalue weighted by Gasteiger charge is -2.43. The zero-order chi connectivity index (χ0) is 97.9. The van der Waals surface area contributed by atoms with Crippen LogP contribution in [0.25, 0.3) is 0 Å². The van der Waals surface area contributed by atoms with E-state index < -0.39 is 0 Å². The molecule has 0 aliphatic heterocycles. The molecule has 6 aromatic heterocycles. The number of carbonyl (C=O) groups is 6. The molecule has 0 fully saturated rings. The smallest absolute Gasteiger partial charge is 0.273 e. The lowest BCUT2D eigenvalue weighted by Crippen LogP contribution is -2.55. The van der Waals surface area contributed by atoms with E-state index >= 15 is 0 Å². The summed E-state index contributed by atoms with van der Waals surface area (Å²) in [5.41, 5.74) is 5.03. The van der Waals surface area contributed by atoms with Crippen LogP contribution in [0.1, 0.15) is 437 Å². The Morgan fingerprint density at radius 3 is 0.791 bits per heavy atom. The standard InChI is InChI=1S/2C19H35N3O2.2C18H33N3O2.C14H24N2O2.C13H22N2O2/c1-7-11-19(6,22(12-8-2)13-9-3)14-20-18(23)17-15(5)16(10-4)24-21-17;1-7-12-22(13-8-2)19(10-4,11-5)14-20-18(23)17-15(6)16(9-3)24-21-17;1-6-10-18(5,21(11-7-2)12-8-3)14-19-17(22)16-13-15(9-4)23-20-16;1-6-11-21(12-7-2)18(9-4,10-5)14-19-17(22)16-13-15(8-3)23-20-16;1-7-11-9(3)12(16-18-11)13(17)15-10(4)14(5,6)8-2;1-6-10-8-11(15-17-10)12(16)14-9(3)13(4,5)7-2/h2*7-14H2,1-6H3,(H,20,23);2*13H,6-12,14H2,1-5H3,(H,19,22);10H,7-8H2,1-6H3,(H,15,17);8-9H,6-7H2,1-5H3,(H,14,16). The van der Waals surface area contributed by atoms with Crippen LogP contribution in [-0.2, 0) is 38.5 Å². The summed E-state index contributed by atoms with van der Waals surface area (Å²) in [6.07, 6.45) is 23.9. The van der Waals surface area contributed by atoms with Gasteiger partial charge in [0.15, 0.2) is 34.2 Å². The van der Waals surface area contributed by atoms with E-state index in [0.29, 0.717) is 60.3 Å². The molecule has 6 amide bonds. The van der Waals surface area contributed by atoms with E-state index in [2.05, 4.69) is 235 Å². The van der Waals surface area contributed by atoms with Gasteiger partial charge >= 0.3 is 0 Å². The predicted octanol–water partition coefficient (Wildman–Crippen LogP) is 21.1. The molecular weight excluding hydrogens is 1630 g/mol. The van der Waals surface area contributed by atoms with Gasteiger partial charge < -0.3 is 59.0 Å². The van der Waals surface area contributed by atoms with E-state index in [4.69, 9.17) is 27.1 Å². The quantitative estimate of drug-likeness (QED) is 0.0207. The molecule has 6 rings (SSSR count). The molecule has 0 saturated carbocycles. The van der Waals surface area contributed by atoms with Gasteiger partial charge in [-0.05, 0) is 214 Å². The number of nitrogens with one attached hydrogen (secondary N) is 6. The van der Waals surface area contributed by atoms with Gasteiger partial charge in [0.1, 0.15) is 34.6 Å². The summed E-state index contributed by atoms with van der Waals surface area (Å²) in [4.78, 5) is 83.9. The topological polar surface area (TPSA) is 344 Å². The second-order valence-electron chi connectivity index (χ2n) is 36.5. The summed E-state index contributed by atoms with van der Waals surface area (Å²) in [7, 11) is 0. The maximum absolute atomic E-state index is 12.6. The lowest BCUT2D eigenvalue weighted by atomic mass is 9.83. The first-order valence-electron chi connectivity index (χ1n) is 49.7. The molecule has 0 saturated heterocycles. The predicted molar refractivity (Wildman–Crippen MR) is 523 cm³/mol. The average Bonchev–Trinajstić information content (AvgIpc) is 1.18. The van der Waals surface area contributed by atoms with Crippen molar-refractivity contribution in [2.45, 2.75) is 417 Å². The molecule has 0 aliphatic rings. The largest absolute Gasteiger partial charge is 0.361 e. The van der Waals surface area contributed by atoms with Crippen LogP contribution in [0.5, 0.6) is 0 Å². The molecule has 738 valence electrons. The third kappa shape index (κ3) is 37.1. The van der Waals surface area contributed by atoms with Crippen molar-refractivity contribution < 1.29 is 55.9 Å². The summed E-state index contributed by atoms with van der Waals surface area (Å²) in [6.45, 7) is 80.9. The fourth-order valence-corrected chi connectivity index (χ4v) is 16.0. The van der Waals surface area contributed by atoms with Crippen molar-refractivity contribution in [1.29, 1.82) is 0 Å². The molecule has 28 nitrogen and oxygen atoms in total. The van der Waals surface area contributed by atoms with Crippen LogP contribution < -0.4 is 31.9 Å². The summed E-state index contributed by atoms with van der Waals surface area (Å²) in [5, 5.41) is 41.5. The van der Waals surface area contributed by atoms with Crippen LogP contribution in [0.2, 0.25) is 0 Å². The van der Waals surface area contributed by atoms with Crippen molar-refractivity contribution in [3.63, 3.8) is 0 Å². The minimum absolute atomic E-state index is 0.00685. The Balaban J connectivity index is 0.000000777. The second kappa shape index (κ2) is 61.6. The molecule has 4 unspecified atom stereocenters. The highest BCUT2D eigenvalue weighted by Gasteiger charge is 2.38. The second-order valence-corrected chi connectivity index (χ2v) is 36.5. The minimum atomic E-state index is -0.164. The SMILES string of the molecule is CCCN(CCC)C(C)(CCC)CNC(=O)c1cc(CC)on1.CCCN(CCC)C(C)(CCC)CNC(=O)c1noc(CC)c1C.CCCN(CCC)C(CC)(CC)CNC(=O)c1cc(CC)on1.CCCN(CCC)C(CC)(CC)CNC(=O)c1noc(CC)c1C.CCc1cc(C(=O)NC(C)C(C)(C)CC)no1.CCc1onc(C(=O)NC(C)C(C)(C)CC)c1C. The zero-order valence-electron chi connectivity index (χ0n) is 87.2. The molecule has 0 aromatic carbocycles. The first kappa shape index (κ1) is 119. The molecule has 0 spiro atoms. The molecule has 6 heterocycles. The number of aromatic nitrogens is 6. The monoisotopic (exact) mass is 1810 g/mol. The third-order valence-electron chi connectivity index (χ3n) is 26.4. The van der Waals surface area contributed by atoms with Crippen molar-refractivity contribution >= 4 is 35.4 Å². The fraction of sp³-hybridized carbons (Fsp3) is 0.762. The number of nitrogens with zero attached hydrogens (tertiary/aromatic N) is 10. The summed E-state index contributed by atoms with van der Waals surface area (Å²) >= 11 is 0. The van der Waals surface area contributed by atoms with Crippen LogP contribution in [0.4, 0.5) is 0 Å². The Labute approximate surface area is 779 Å². The minimum Gasteiger partial charge on any atom is -0.361 e. The Morgan fingerprint density at radius 2 is 0.550 bits per heavy atom. The van der Waals surface area contributed by atoms with Crippen LogP contribution in [0, 0.1) is 31.6 Å². The Bertz CT molecular complexity index is 4060. The molecule has 0 bridgehead atoms. The molecule has 4 atom stereocenters. The first-order chi connectivity index (χ1) is 61.2. The van der Waals surface area contributed by atoms with Crippen LogP contribution in [-0.4, -0.2) is 199 Å². The number of amides is 6. The van der Waals surface area contributed by atoms with Gasteiger partial charge in [0.25, 0.3) is 35.4 Å². The highest BCUT2D eigenvalue weighted by atomic mass is 16.5. The molecule has 28 heteroatoms. The third-order valence-corrected chi connectivity index (χ3v) is 26.4. The highest BCUT2D eigenvalue weighted by molar-refractivity contribution is 5.95. The van der Waals surface area contributed by atoms with Gasteiger partial charge in [-0.25, -0.2) is 0 Å². The van der Waals surface area contributed by atoms with E-state index in [1.807, 2.05) is 76.2 Å². The summed E-state index contributed by atoms with van der Waals surface area (Å²) < 4.78 is 30.9. The normalized spacial score (nSPS) is 13.1. The van der Waals surface area contributed by atoms with Gasteiger partial charge in [-0.15, -0.1) is 0 Å². The van der Waals surface area contributed by atoms with Crippen LogP contribution in [0.3, 0.4) is 0 Å². The molecule has 6 N–H and O–H groups in total. The molecule has 0 aliphatic carbocycles. The van der Waals surface area contributed by atoms with Gasteiger partial charge in [-0.1, -0.05) is 224 Å². The Morgan fingerprint density at radius 1 is 0.302 bits per heavy atom. The first-order valence-corrected chi connectivity index (χ1v) is 49.7.